The van der Waals surface area contributed by atoms with Crippen molar-refractivity contribution < 1.29 is 13.9 Å². The van der Waals surface area contributed by atoms with Crippen LogP contribution in [0.3, 0.4) is 0 Å². The van der Waals surface area contributed by atoms with Gasteiger partial charge in [0, 0.05) is 19.0 Å². The highest BCUT2D eigenvalue weighted by Gasteiger charge is 2.28. The van der Waals surface area contributed by atoms with E-state index < -0.39 is 0 Å². The van der Waals surface area contributed by atoms with Crippen molar-refractivity contribution in [3.05, 3.63) is 42.0 Å². The molecule has 1 amide bonds. The second-order valence-electron chi connectivity index (χ2n) is 4.80. The Balaban J connectivity index is 1.59. The zero-order valence-corrected chi connectivity index (χ0v) is 11.2. The molecule has 6 nitrogen and oxygen atoms in total. The molecule has 104 valence electrons. The molecule has 0 aliphatic carbocycles. The molecular weight excluding hydrogens is 258 g/mol. The number of hydrogen-bond acceptors (Lipinski definition) is 5. The number of ether oxygens (including phenoxy) is 1. The summed E-state index contributed by atoms with van der Waals surface area (Å²) in [6.07, 6.45) is 3.71. The Morgan fingerprint density at radius 3 is 3.00 bits per heavy atom. The van der Waals surface area contributed by atoms with Crippen LogP contribution in [0.1, 0.15) is 22.5 Å². The van der Waals surface area contributed by atoms with Crippen molar-refractivity contribution in [3.8, 4) is 5.88 Å². The number of aryl methyl sites for hydroxylation is 1. The van der Waals surface area contributed by atoms with Gasteiger partial charge in [0.2, 0.25) is 5.88 Å². The van der Waals surface area contributed by atoms with Crippen LogP contribution in [-0.2, 0) is 0 Å². The van der Waals surface area contributed by atoms with Crippen molar-refractivity contribution in [2.45, 2.75) is 19.4 Å². The number of furan rings is 1. The van der Waals surface area contributed by atoms with Gasteiger partial charge in [0.15, 0.2) is 0 Å². The van der Waals surface area contributed by atoms with E-state index >= 15 is 0 Å². The summed E-state index contributed by atoms with van der Waals surface area (Å²) in [4.78, 5) is 13.9. The van der Waals surface area contributed by atoms with Crippen molar-refractivity contribution in [2.24, 2.45) is 0 Å². The van der Waals surface area contributed by atoms with Gasteiger partial charge in [0.1, 0.15) is 12.4 Å². The van der Waals surface area contributed by atoms with Gasteiger partial charge in [-0.2, -0.15) is 5.10 Å². The van der Waals surface area contributed by atoms with E-state index in [9.17, 15) is 4.79 Å². The molecular formula is C14H15N3O3. The topological polar surface area (TPSA) is 68.5 Å². The first-order chi connectivity index (χ1) is 9.72. The quantitative estimate of drug-likeness (QED) is 0.851. The first kappa shape index (κ1) is 12.7. The van der Waals surface area contributed by atoms with Crippen LogP contribution in [0.2, 0.25) is 0 Å². The van der Waals surface area contributed by atoms with Gasteiger partial charge in [-0.1, -0.05) is 0 Å². The molecule has 1 aliphatic rings. The summed E-state index contributed by atoms with van der Waals surface area (Å²) >= 11 is 0. The van der Waals surface area contributed by atoms with Crippen LogP contribution in [0.5, 0.6) is 5.88 Å². The highest BCUT2D eigenvalue weighted by atomic mass is 16.5. The number of amides is 1. The van der Waals surface area contributed by atoms with Gasteiger partial charge in [-0.05, 0) is 19.1 Å². The largest absolute Gasteiger partial charge is 0.472 e. The van der Waals surface area contributed by atoms with Crippen LogP contribution in [0.4, 0.5) is 0 Å². The smallest absolute Gasteiger partial charge is 0.257 e. The molecule has 0 radical (unpaired) electrons. The SMILES string of the molecule is Cc1ccc(OC2CCN(C(=O)c3ccoc3)C2)nn1. The van der Waals surface area contributed by atoms with Crippen LogP contribution in [0.25, 0.3) is 0 Å². The maximum atomic E-state index is 12.1. The fourth-order valence-electron chi connectivity index (χ4n) is 2.20. The van der Waals surface area contributed by atoms with Crippen LogP contribution >= 0.6 is 0 Å². The van der Waals surface area contributed by atoms with E-state index in [2.05, 4.69) is 10.2 Å². The third kappa shape index (κ3) is 2.64. The molecule has 0 aromatic carbocycles. The predicted octanol–water partition coefficient (Wildman–Crippen LogP) is 1.67. The van der Waals surface area contributed by atoms with Gasteiger partial charge >= 0.3 is 0 Å². The number of hydrogen-bond donors (Lipinski definition) is 0. The molecule has 1 atom stereocenters. The van der Waals surface area contributed by atoms with Crippen molar-refractivity contribution >= 4 is 5.91 Å². The van der Waals surface area contributed by atoms with Crippen LogP contribution in [0, 0.1) is 6.92 Å². The van der Waals surface area contributed by atoms with E-state index in [0.29, 0.717) is 24.5 Å². The highest BCUT2D eigenvalue weighted by molar-refractivity contribution is 5.94. The molecule has 3 heterocycles. The molecule has 3 rings (SSSR count). The number of likely N-dealkylation sites (tertiary alicyclic amines) is 1. The Hall–Kier alpha value is -2.37. The number of nitrogens with zero attached hydrogens (tertiary/aromatic N) is 3. The fraction of sp³-hybridized carbons (Fsp3) is 0.357. The van der Waals surface area contributed by atoms with Crippen LogP contribution in [-0.4, -0.2) is 40.2 Å². The summed E-state index contributed by atoms with van der Waals surface area (Å²) in [5.74, 6) is 0.470. The van der Waals surface area contributed by atoms with E-state index in [1.165, 1.54) is 12.5 Å². The standard InChI is InChI=1S/C14H15N3O3/c1-10-2-3-13(16-15-10)20-12-4-6-17(8-12)14(18)11-5-7-19-9-11/h2-3,5,7,9,12H,4,6,8H2,1H3. The Morgan fingerprint density at radius 2 is 2.30 bits per heavy atom. The molecule has 1 aliphatic heterocycles. The number of carbonyl (C=O) groups is 1. The van der Waals surface area contributed by atoms with Gasteiger partial charge in [0.05, 0.1) is 24.1 Å². The fourth-order valence-corrected chi connectivity index (χ4v) is 2.20. The molecule has 6 heteroatoms. The van der Waals surface area contributed by atoms with Gasteiger partial charge in [-0.25, -0.2) is 0 Å². The average Bonchev–Trinajstić information content (AvgIpc) is 3.12. The monoisotopic (exact) mass is 273 g/mol. The minimum atomic E-state index is -0.0390. The van der Waals surface area contributed by atoms with Crippen molar-refractivity contribution in [1.29, 1.82) is 0 Å². The molecule has 0 N–H and O–H groups in total. The minimum Gasteiger partial charge on any atom is -0.472 e. The van der Waals surface area contributed by atoms with Crippen molar-refractivity contribution in [1.82, 2.24) is 15.1 Å². The van der Waals surface area contributed by atoms with Gasteiger partial charge < -0.3 is 14.1 Å². The predicted molar refractivity (Wildman–Crippen MR) is 70.4 cm³/mol. The van der Waals surface area contributed by atoms with Gasteiger partial charge in [-0.15, -0.1) is 5.10 Å². The zero-order valence-electron chi connectivity index (χ0n) is 11.2. The third-order valence-electron chi connectivity index (χ3n) is 3.26. The lowest BCUT2D eigenvalue weighted by Crippen LogP contribution is -2.30. The Bertz CT molecular complexity index is 580. The first-order valence-electron chi connectivity index (χ1n) is 6.51. The van der Waals surface area contributed by atoms with E-state index in [4.69, 9.17) is 9.15 Å². The second-order valence-corrected chi connectivity index (χ2v) is 4.80. The summed E-state index contributed by atoms with van der Waals surface area (Å²) in [6.45, 7) is 3.10. The zero-order chi connectivity index (χ0) is 13.9. The molecule has 2 aromatic rings. The summed E-state index contributed by atoms with van der Waals surface area (Å²) in [5.41, 5.74) is 1.42. The Labute approximate surface area is 116 Å². The first-order valence-corrected chi connectivity index (χ1v) is 6.51. The second kappa shape index (κ2) is 5.32. The Kier molecular flexibility index (Phi) is 3.37. The maximum absolute atomic E-state index is 12.1. The molecule has 1 unspecified atom stereocenters. The van der Waals surface area contributed by atoms with E-state index in [-0.39, 0.29) is 12.0 Å². The lowest BCUT2D eigenvalue weighted by molar-refractivity contribution is 0.0770. The van der Waals surface area contributed by atoms with Crippen LogP contribution < -0.4 is 4.74 Å². The number of aromatic nitrogens is 2. The summed E-state index contributed by atoms with van der Waals surface area (Å²) < 4.78 is 10.7. The maximum Gasteiger partial charge on any atom is 0.257 e. The Morgan fingerprint density at radius 1 is 1.40 bits per heavy atom. The van der Waals surface area contributed by atoms with E-state index in [1.807, 2.05) is 13.0 Å². The minimum absolute atomic E-state index is 0.0279. The normalized spacial score (nSPS) is 18.2. The highest BCUT2D eigenvalue weighted by Crippen LogP contribution is 2.18. The summed E-state index contributed by atoms with van der Waals surface area (Å²) in [6, 6.07) is 5.32. The van der Waals surface area contributed by atoms with E-state index in [0.717, 1.165) is 12.1 Å². The molecule has 1 fully saturated rings. The molecule has 2 aromatic heterocycles. The van der Waals surface area contributed by atoms with Gasteiger partial charge in [0.25, 0.3) is 5.91 Å². The molecule has 20 heavy (non-hydrogen) atoms. The number of carbonyl (C=O) groups excluding carboxylic acids is 1. The van der Waals surface area contributed by atoms with Crippen LogP contribution in [0.15, 0.2) is 35.1 Å². The summed E-state index contributed by atoms with van der Waals surface area (Å²) in [5, 5.41) is 7.92. The average molecular weight is 273 g/mol. The lowest BCUT2D eigenvalue weighted by Gasteiger charge is -2.15. The van der Waals surface area contributed by atoms with Gasteiger partial charge in [-0.3, -0.25) is 4.79 Å². The number of rotatable bonds is 3. The molecule has 0 saturated carbocycles. The molecule has 0 bridgehead atoms. The third-order valence-corrected chi connectivity index (χ3v) is 3.26. The molecule has 0 spiro atoms. The lowest BCUT2D eigenvalue weighted by atomic mass is 10.3. The molecule has 1 saturated heterocycles. The summed E-state index contributed by atoms with van der Waals surface area (Å²) in [7, 11) is 0. The van der Waals surface area contributed by atoms with Crippen molar-refractivity contribution in [2.75, 3.05) is 13.1 Å². The van der Waals surface area contributed by atoms with Crippen molar-refractivity contribution in [3.63, 3.8) is 0 Å². The van der Waals surface area contributed by atoms with E-state index in [1.54, 1.807) is 17.0 Å².